The molecule has 0 saturated carbocycles. The summed E-state index contributed by atoms with van der Waals surface area (Å²) in [5.74, 6) is 0. The normalized spacial score (nSPS) is 19.4. The maximum absolute atomic E-state index is 12.3. The summed E-state index contributed by atoms with van der Waals surface area (Å²) < 4.78 is 1.79. The highest BCUT2D eigenvalue weighted by molar-refractivity contribution is 5.89. The van der Waals surface area contributed by atoms with Crippen LogP contribution in [0.15, 0.2) is 36.7 Å². The predicted octanol–water partition coefficient (Wildman–Crippen LogP) is 2.25. The average Bonchev–Trinajstić information content (AvgIpc) is 3.14. The summed E-state index contributed by atoms with van der Waals surface area (Å²) >= 11 is 0. The Labute approximate surface area is 135 Å². The number of aryl methyl sites for hydroxylation is 2. The Morgan fingerprint density at radius 1 is 1.43 bits per heavy atom. The van der Waals surface area contributed by atoms with E-state index in [1.165, 1.54) is 5.56 Å². The Kier molecular flexibility index (Phi) is 4.34. The van der Waals surface area contributed by atoms with Gasteiger partial charge in [0.15, 0.2) is 0 Å². The van der Waals surface area contributed by atoms with Crippen LogP contribution in [0.4, 0.5) is 10.5 Å². The van der Waals surface area contributed by atoms with Crippen LogP contribution in [-0.2, 0) is 18.5 Å². The Balaban J connectivity index is 1.71. The fourth-order valence-corrected chi connectivity index (χ4v) is 3.18. The van der Waals surface area contributed by atoms with Gasteiger partial charge in [-0.05, 0) is 30.4 Å². The number of amides is 2. The lowest BCUT2D eigenvalue weighted by Gasteiger charge is -2.29. The molecule has 0 radical (unpaired) electrons. The zero-order chi connectivity index (χ0) is 16.3. The first-order valence-electron chi connectivity index (χ1n) is 7.98. The molecule has 2 aromatic rings. The molecule has 6 nitrogen and oxygen atoms in total. The van der Waals surface area contributed by atoms with Gasteiger partial charge in [0.05, 0.1) is 24.0 Å². The number of hydrogen-bond donors (Lipinski definition) is 3. The third-order valence-corrected chi connectivity index (χ3v) is 4.32. The van der Waals surface area contributed by atoms with Gasteiger partial charge in [-0.3, -0.25) is 4.68 Å². The highest BCUT2D eigenvalue weighted by Gasteiger charge is 2.39. The Hall–Kier alpha value is -2.34. The van der Waals surface area contributed by atoms with Gasteiger partial charge in [-0.15, -0.1) is 0 Å². The zero-order valence-electron chi connectivity index (χ0n) is 13.2. The molecule has 1 aromatic heterocycles. The lowest BCUT2D eigenvalue weighted by atomic mass is 9.93. The minimum Gasteiger partial charge on any atom is -0.394 e. The third kappa shape index (κ3) is 3.07. The maximum atomic E-state index is 12.3. The summed E-state index contributed by atoms with van der Waals surface area (Å²) in [7, 11) is 0. The number of aliphatic hydroxyl groups excluding tert-OH is 1. The van der Waals surface area contributed by atoms with Crippen LogP contribution in [0.1, 0.15) is 30.9 Å². The molecule has 3 rings (SSSR count). The van der Waals surface area contributed by atoms with Gasteiger partial charge in [0.25, 0.3) is 0 Å². The molecule has 0 bridgehead atoms. The topological polar surface area (TPSA) is 79.2 Å². The van der Waals surface area contributed by atoms with E-state index in [9.17, 15) is 9.90 Å². The summed E-state index contributed by atoms with van der Waals surface area (Å²) in [4.78, 5) is 12.3. The van der Waals surface area contributed by atoms with Gasteiger partial charge in [0, 0.05) is 12.7 Å². The van der Waals surface area contributed by atoms with Crippen molar-refractivity contribution < 1.29 is 9.90 Å². The van der Waals surface area contributed by atoms with E-state index in [0.717, 1.165) is 24.9 Å². The molecule has 0 spiro atoms. The van der Waals surface area contributed by atoms with Crippen molar-refractivity contribution in [2.75, 3.05) is 11.9 Å². The van der Waals surface area contributed by atoms with Crippen LogP contribution in [0.2, 0.25) is 0 Å². The molecular weight excluding hydrogens is 292 g/mol. The van der Waals surface area contributed by atoms with E-state index < -0.39 is 5.54 Å². The smallest absolute Gasteiger partial charge is 0.320 e. The Morgan fingerprint density at radius 3 is 3.04 bits per heavy atom. The Morgan fingerprint density at radius 2 is 2.26 bits per heavy atom. The van der Waals surface area contributed by atoms with Gasteiger partial charge in [-0.2, -0.15) is 5.10 Å². The van der Waals surface area contributed by atoms with Gasteiger partial charge in [0.2, 0.25) is 0 Å². The van der Waals surface area contributed by atoms with Gasteiger partial charge < -0.3 is 15.7 Å². The quantitative estimate of drug-likeness (QED) is 0.792. The summed E-state index contributed by atoms with van der Waals surface area (Å²) in [6, 6.07) is 7.60. The molecule has 2 amide bonds. The van der Waals surface area contributed by atoms with Gasteiger partial charge in [-0.25, -0.2) is 4.79 Å². The number of aromatic nitrogens is 2. The van der Waals surface area contributed by atoms with E-state index in [-0.39, 0.29) is 12.6 Å². The molecule has 1 aliphatic carbocycles. The molecule has 1 aromatic carbocycles. The second-order valence-electron chi connectivity index (χ2n) is 5.97. The molecule has 1 unspecified atom stereocenters. The summed E-state index contributed by atoms with van der Waals surface area (Å²) in [5, 5.41) is 19.8. The number of rotatable bonds is 5. The number of fused-ring (bicyclic) bond motifs is 1. The lowest BCUT2D eigenvalue weighted by Crippen LogP contribution is -2.48. The van der Waals surface area contributed by atoms with Crippen molar-refractivity contribution in [1.29, 1.82) is 0 Å². The number of nitrogens with zero attached hydrogens (tertiary/aromatic N) is 2. The van der Waals surface area contributed by atoms with E-state index in [0.29, 0.717) is 12.1 Å². The van der Waals surface area contributed by atoms with Crippen molar-refractivity contribution in [3.8, 4) is 0 Å². The van der Waals surface area contributed by atoms with E-state index in [1.807, 2.05) is 24.3 Å². The molecule has 0 aliphatic heterocycles. The van der Waals surface area contributed by atoms with Gasteiger partial charge in [0.1, 0.15) is 0 Å². The summed E-state index contributed by atoms with van der Waals surface area (Å²) in [6.45, 7) is 2.77. The molecule has 0 saturated heterocycles. The number of nitrogens with one attached hydrogen (secondary N) is 2. The summed E-state index contributed by atoms with van der Waals surface area (Å²) in [5.41, 5.74) is 2.12. The van der Waals surface area contributed by atoms with Crippen molar-refractivity contribution >= 4 is 11.7 Å². The van der Waals surface area contributed by atoms with Crippen LogP contribution < -0.4 is 10.6 Å². The molecule has 1 atom stereocenters. The van der Waals surface area contributed by atoms with E-state index in [1.54, 1.807) is 17.1 Å². The SMILES string of the molecule is CCCn1cc(NC(=O)NC2(CO)CCc3ccccc32)cn1. The molecule has 122 valence electrons. The van der Waals surface area contributed by atoms with Gasteiger partial charge >= 0.3 is 6.03 Å². The maximum Gasteiger partial charge on any atom is 0.320 e. The van der Waals surface area contributed by atoms with Crippen molar-refractivity contribution in [3.63, 3.8) is 0 Å². The first-order valence-corrected chi connectivity index (χ1v) is 7.98. The molecule has 23 heavy (non-hydrogen) atoms. The predicted molar refractivity (Wildman–Crippen MR) is 88.2 cm³/mol. The van der Waals surface area contributed by atoms with Crippen molar-refractivity contribution in [1.82, 2.24) is 15.1 Å². The van der Waals surface area contributed by atoms with Crippen molar-refractivity contribution in [2.45, 2.75) is 38.3 Å². The highest BCUT2D eigenvalue weighted by Crippen LogP contribution is 2.36. The van der Waals surface area contributed by atoms with Crippen LogP contribution >= 0.6 is 0 Å². The standard InChI is InChI=1S/C17H22N4O2/c1-2-9-21-11-14(10-18-21)19-16(23)20-17(12-22)8-7-13-5-3-4-6-15(13)17/h3-6,10-11,22H,2,7-9,12H2,1H3,(H2,19,20,23). The highest BCUT2D eigenvalue weighted by atomic mass is 16.3. The van der Waals surface area contributed by atoms with Crippen LogP contribution in [0.5, 0.6) is 0 Å². The minimum absolute atomic E-state index is 0.119. The third-order valence-electron chi connectivity index (χ3n) is 4.32. The number of hydrogen-bond acceptors (Lipinski definition) is 3. The van der Waals surface area contributed by atoms with E-state index >= 15 is 0 Å². The van der Waals surface area contributed by atoms with Crippen LogP contribution in [0.25, 0.3) is 0 Å². The second-order valence-corrected chi connectivity index (χ2v) is 5.97. The number of aliphatic hydroxyl groups is 1. The minimum atomic E-state index is -0.708. The first kappa shape index (κ1) is 15.6. The molecule has 6 heteroatoms. The molecule has 1 aliphatic rings. The largest absolute Gasteiger partial charge is 0.394 e. The van der Waals surface area contributed by atoms with Crippen LogP contribution in [-0.4, -0.2) is 27.5 Å². The number of urea groups is 1. The number of carbonyl (C=O) groups excluding carboxylic acids is 1. The fraction of sp³-hybridized carbons (Fsp3) is 0.412. The monoisotopic (exact) mass is 314 g/mol. The van der Waals surface area contributed by atoms with Crippen molar-refractivity contribution in [2.24, 2.45) is 0 Å². The second kappa shape index (κ2) is 6.42. The van der Waals surface area contributed by atoms with E-state index in [2.05, 4.69) is 22.7 Å². The number of carbonyl (C=O) groups is 1. The molecule has 1 heterocycles. The zero-order valence-corrected chi connectivity index (χ0v) is 13.2. The number of benzene rings is 1. The molecular formula is C17H22N4O2. The fourth-order valence-electron chi connectivity index (χ4n) is 3.18. The van der Waals surface area contributed by atoms with Crippen LogP contribution in [0.3, 0.4) is 0 Å². The first-order chi connectivity index (χ1) is 11.2. The average molecular weight is 314 g/mol. The van der Waals surface area contributed by atoms with Crippen LogP contribution in [0, 0.1) is 0 Å². The van der Waals surface area contributed by atoms with E-state index in [4.69, 9.17) is 0 Å². The van der Waals surface area contributed by atoms with Crippen molar-refractivity contribution in [3.05, 3.63) is 47.8 Å². The van der Waals surface area contributed by atoms with Gasteiger partial charge in [-0.1, -0.05) is 31.2 Å². The molecule has 3 N–H and O–H groups in total. The molecule has 0 fully saturated rings. The lowest BCUT2D eigenvalue weighted by molar-refractivity contribution is 0.164. The number of anilines is 1. The Bertz CT molecular complexity index is 697. The summed E-state index contributed by atoms with van der Waals surface area (Å²) in [6.07, 6.45) is 5.97.